The smallest absolute Gasteiger partial charge is 0.182 e. The Kier molecular flexibility index (Phi) is 3.75. The zero-order chi connectivity index (χ0) is 17.4. The summed E-state index contributed by atoms with van der Waals surface area (Å²) in [6.45, 7) is 0. The lowest BCUT2D eigenvalue weighted by Crippen LogP contribution is -2.50. The normalized spacial score (nSPS) is 25.2. The third kappa shape index (κ3) is 2.17. The van der Waals surface area contributed by atoms with Gasteiger partial charge in [0.25, 0.3) is 0 Å². The molecule has 1 N–H and O–H groups in total. The van der Waals surface area contributed by atoms with Gasteiger partial charge in [0.05, 0.1) is 5.71 Å². The van der Waals surface area contributed by atoms with Crippen LogP contribution in [0.15, 0.2) is 65.8 Å². The van der Waals surface area contributed by atoms with E-state index in [1.165, 1.54) is 0 Å². The van der Waals surface area contributed by atoms with E-state index >= 15 is 0 Å². The van der Waals surface area contributed by atoms with E-state index in [0.29, 0.717) is 16.8 Å². The minimum absolute atomic E-state index is 0.00956. The Morgan fingerprint density at radius 2 is 1.40 bits per heavy atom. The van der Waals surface area contributed by atoms with Crippen LogP contribution >= 0.6 is 0 Å². The highest BCUT2D eigenvalue weighted by Crippen LogP contribution is 2.56. The lowest BCUT2D eigenvalue weighted by atomic mass is 9.63. The fraction of sp³-hybridized carbons (Fsp3) is 0.286. The Morgan fingerprint density at radius 3 is 1.88 bits per heavy atom. The molecular formula is C21H19NO3. The van der Waals surface area contributed by atoms with Crippen molar-refractivity contribution in [1.29, 1.82) is 0 Å². The van der Waals surface area contributed by atoms with E-state index in [4.69, 9.17) is 0 Å². The molecule has 0 amide bonds. The van der Waals surface area contributed by atoms with E-state index in [9.17, 15) is 14.8 Å². The second kappa shape index (κ2) is 5.96. The van der Waals surface area contributed by atoms with Gasteiger partial charge in [0.2, 0.25) is 0 Å². The van der Waals surface area contributed by atoms with Gasteiger partial charge in [0, 0.05) is 17.0 Å². The molecule has 2 bridgehead atoms. The zero-order valence-corrected chi connectivity index (χ0v) is 13.8. The Labute approximate surface area is 146 Å². The molecule has 2 atom stereocenters. The fourth-order valence-electron chi connectivity index (χ4n) is 4.66. The van der Waals surface area contributed by atoms with E-state index < -0.39 is 5.41 Å². The number of fused-ring (bicyclic) bond motifs is 2. The zero-order valence-electron chi connectivity index (χ0n) is 13.8. The first-order valence-electron chi connectivity index (χ1n) is 8.61. The summed E-state index contributed by atoms with van der Waals surface area (Å²) in [5.74, 6) is -0.594. The number of ketones is 2. The summed E-state index contributed by atoms with van der Waals surface area (Å²) < 4.78 is 0. The minimum Gasteiger partial charge on any atom is -0.411 e. The van der Waals surface area contributed by atoms with Crippen molar-refractivity contribution in [1.82, 2.24) is 0 Å². The van der Waals surface area contributed by atoms with Crippen LogP contribution in [0, 0.1) is 17.3 Å². The minimum atomic E-state index is -1.37. The summed E-state index contributed by atoms with van der Waals surface area (Å²) in [7, 11) is 0. The summed E-state index contributed by atoms with van der Waals surface area (Å²) in [5.41, 5.74) is -0.0483. The van der Waals surface area contributed by atoms with E-state index in [1.54, 1.807) is 48.5 Å². The van der Waals surface area contributed by atoms with Crippen LogP contribution in [0.2, 0.25) is 0 Å². The van der Waals surface area contributed by atoms with Crippen molar-refractivity contribution in [3.05, 3.63) is 71.8 Å². The van der Waals surface area contributed by atoms with E-state index in [2.05, 4.69) is 5.16 Å². The van der Waals surface area contributed by atoms with E-state index in [0.717, 1.165) is 19.3 Å². The van der Waals surface area contributed by atoms with Gasteiger partial charge in [0.1, 0.15) is 5.41 Å². The summed E-state index contributed by atoms with van der Waals surface area (Å²) in [6.07, 6.45) is 2.41. The van der Waals surface area contributed by atoms with Gasteiger partial charge in [-0.2, -0.15) is 0 Å². The summed E-state index contributed by atoms with van der Waals surface area (Å²) >= 11 is 0. The number of hydrogen-bond donors (Lipinski definition) is 1. The molecule has 4 heteroatoms. The van der Waals surface area contributed by atoms with Gasteiger partial charge in [-0.15, -0.1) is 0 Å². The molecule has 126 valence electrons. The van der Waals surface area contributed by atoms with Gasteiger partial charge < -0.3 is 5.21 Å². The number of hydrogen-bond acceptors (Lipinski definition) is 4. The van der Waals surface area contributed by atoms with Gasteiger partial charge in [0.15, 0.2) is 11.6 Å². The molecule has 0 saturated heterocycles. The number of nitrogens with zero attached hydrogens (tertiary/aromatic N) is 1. The fourth-order valence-corrected chi connectivity index (χ4v) is 4.66. The molecule has 2 saturated carbocycles. The van der Waals surface area contributed by atoms with Crippen LogP contribution < -0.4 is 0 Å². The second-order valence-corrected chi connectivity index (χ2v) is 6.89. The number of rotatable bonds is 4. The number of carbonyl (C=O) groups is 2. The summed E-state index contributed by atoms with van der Waals surface area (Å²) in [5, 5.41) is 13.2. The maximum absolute atomic E-state index is 13.5. The van der Waals surface area contributed by atoms with Gasteiger partial charge in [-0.05, 0) is 25.2 Å². The molecule has 0 aromatic heterocycles. The van der Waals surface area contributed by atoms with Crippen LogP contribution in [0.4, 0.5) is 0 Å². The number of Topliss-reactive ketones (excluding diaryl/α,β-unsaturated/α-hetero) is 2. The highest BCUT2D eigenvalue weighted by molar-refractivity contribution is 6.35. The molecule has 0 spiro atoms. The molecule has 2 aromatic rings. The first-order chi connectivity index (χ1) is 12.2. The Balaban J connectivity index is 1.91. The van der Waals surface area contributed by atoms with Crippen LogP contribution in [0.5, 0.6) is 0 Å². The molecular weight excluding hydrogens is 314 g/mol. The van der Waals surface area contributed by atoms with Crippen LogP contribution in [0.3, 0.4) is 0 Å². The van der Waals surface area contributed by atoms with Crippen molar-refractivity contribution < 1.29 is 14.8 Å². The lowest BCUT2D eigenvalue weighted by Gasteiger charge is -2.35. The predicted octanol–water partition coefficient (Wildman–Crippen LogP) is 4.00. The molecule has 0 heterocycles. The third-order valence-electron chi connectivity index (χ3n) is 5.73. The molecule has 2 fully saturated rings. The summed E-state index contributed by atoms with van der Waals surface area (Å²) in [6, 6.07) is 17.7. The average molecular weight is 333 g/mol. The lowest BCUT2D eigenvalue weighted by molar-refractivity contribution is 0.0678. The molecule has 2 aliphatic carbocycles. The Morgan fingerprint density at radius 1 is 0.880 bits per heavy atom. The number of benzene rings is 2. The molecule has 2 unspecified atom stereocenters. The molecule has 0 radical (unpaired) electrons. The first kappa shape index (κ1) is 15.8. The topological polar surface area (TPSA) is 66.7 Å². The standard InChI is InChI=1S/C21H19NO3/c23-19(14-7-3-1-4-8-14)21(20(24)15-9-5-2-6-10-15)17-12-11-16(13-17)18(21)22-25/h1-10,16-17,25H,11-13H2. The number of carbonyl (C=O) groups excluding carboxylic acids is 2. The van der Waals surface area contributed by atoms with Crippen molar-refractivity contribution in [2.75, 3.05) is 0 Å². The Bertz CT molecular complexity index is 790. The third-order valence-corrected chi connectivity index (χ3v) is 5.73. The largest absolute Gasteiger partial charge is 0.411 e. The SMILES string of the molecule is O=C(c1ccccc1)C1(C(=O)c2ccccc2)C(=NO)C2CCC1C2. The average Bonchev–Trinajstić information content (AvgIpc) is 3.28. The Hall–Kier alpha value is -2.75. The first-order valence-corrected chi connectivity index (χ1v) is 8.61. The van der Waals surface area contributed by atoms with Crippen LogP contribution in [0.25, 0.3) is 0 Å². The molecule has 2 aliphatic rings. The molecule has 0 aliphatic heterocycles. The van der Waals surface area contributed by atoms with Crippen molar-refractivity contribution in [2.45, 2.75) is 19.3 Å². The monoisotopic (exact) mass is 333 g/mol. The maximum atomic E-state index is 13.5. The van der Waals surface area contributed by atoms with Gasteiger partial charge in [-0.1, -0.05) is 65.8 Å². The van der Waals surface area contributed by atoms with Crippen molar-refractivity contribution in [3.63, 3.8) is 0 Å². The van der Waals surface area contributed by atoms with Crippen molar-refractivity contribution >= 4 is 17.3 Å². The van der Waals surface area contributed by atoms with Crippen molar-refractivity contribution in [2.24, 2.45) is 22.4 Å². The van der Waals surface area contributed by atoms with E-state index in [1.807, 2.05) is 12.1 Å². The predicted molar refractivity (Wildman–Crippen MR) is 94.0 cm³/mol. The highest BCUT2D eigenvalue weighted by atomic mass is 16.4. The van der Waals surface area contributed by atoms with Gasteiger partial charge >= 0.3 is 0 Å². The van der Waals surface area contributed by atoms with Crippen LogP contribution in [0.1, 0.15) is 40.0 Å². The highest BCUT2D eigenvalue weighted by Gasteiger charge is 2.65. The molecule has 4 nitrogen and oxygen atoms in total. The maximum Gasteiger partial charge on any atom is 0.182 e. The molecule has 4 rings (SSSR count). The summed E-state index contributed by atoms with van der Waals surface area (Å²) in [4.78, 5) is 27.1. The second-order valence-electron chi connectivity index (χ2n) is 6.89. The van der Waals surface area contributed by atoms with E-state index in [-0.39, 0.29) is 23.4 Å². The molecule has 2 aromatic carbocycles. The van der Waals surface area contributed by atoms with Crippen LogP contribution in [-0.4, -0.2) is 22.5 Å². The van der Waals surface area contributed by atoms with Crippen molar-refractivity contribution in [3.8, 4) is 0 Å². The van der Waals surface area contributed by atoms with Gasteiger partial charge in [-0.25, -0.2) is 0 Å². The van der Waals surface area contributed by atoms with Crippen LogP contribution in [-0.2, 0) is 0 Å². The number of oxime groups is 1. The quantitative estimate of drug-likeness (QED) is 0.398. The van der Waals surface area contributed by atoms with Gasteiger partial charge in [-0.3, -0.25) is 9.59 Å². The molecule has 25 heavy (non-hydrogen) atoms.